The first-order valence-electron chi connectivity index (χ1n) is 5.80. The number of unbranched alkanes of at least 4 members (excludes halogenated alkanes) is 3. The quantitative estimate of drug-likeness (QED) is 0.636. The van der Waals surface area contributed by atoms with E-state index in [-0.39, 0.29) is 5.28 Å². The van der Waals surface area contributed by atoms with Crippen molar-refractivity contribution >= 4 is 22.6 Å². The van der Waals surface area contributed by atoms with Crippen LogP contribution in [-0.2, 0) is 0 Å². The summed E-state index contributed by atoms with van der Waals surface area (Å²) in [5, 5.41) is 7.58. The molecule has 0 unspecified atom stereocenters. The third-order valence-electron chi connectivity index (χ3n) is 2.48. The highest BCUT2D eigenvalue weighted by Gasteiger charge is 2.09. The molecular formula is C11H15ClN4O. The first-order chi connectivity index (χ1) is 8.31. The number of nitrogens with one attached hydrogen (secondary N) is 1. The lowest BCUT2D eigenvalue weighted by Crippen LogP contribution is -2.00. The van der Waals surface area contributed by atoms with Crippen LogP contribution in [-0.4, -0.2) is 26.8 Å². The highest BCUT2D eigenvalue weighted by Crippen LogP contribution is 2.22. The molecule has 0 atom stereocenters. The molecule has 0 aliphatic rings. The van der Waals surface area contributed by atoms with E-state index in [4.69, 9.17) is 16.3 Å². The lowest BCUT2D eigenvalue weighted by molar-refractivity contribution is 0.297. The average molecular weight is 255 g/mol. The zero-order chi connectivity index (χ0) is 12.1. The summed E-state index contributed by atoms with van der Waals surface area (Å²) in [6, 6.07) is 0. The van der Waals surface area contributed by atoms with Crippen molar-refractivity contribution in [2.45, 2.75) is 32.6 Å². The second-order valence-corrected chi connectivity index (χ2v) is 4.18. The Bertz CT molecular complexity index is 485. The van der Waals surface area contributed by atoms with Crippen molar-refractivity contribution < 1.29 is 4.74 Å². The maximum absolute atomic E-state index is 5.79. The van der Waals surface area contributed by atoms with Crippen molar-refractivity contribution in [1.29, 1.82) is 0 Å². The van der Waals surface area contributed by atoms with E-state index in [2.05, 4.69) is 27.1 Å². The van der Waals surface area contributed by atoms with Crippen LogP contribution in [0.15, 0.2) is 6.20 Å². The Morgan fingerprint density at radius 3 is 3.00 bits per heavy atom. The van der Waals surface area contributed by atoms with E-state index in [0.717, 1.165) is 11.8 Å². The Hall–Kier alpha value is -1.36. The second kappa shape index (κ2) is 5.82. The number of aromatic nitrogens is 4. The maximum atomic E-state index is 5.79. The maximum Gasteiger partial charge on any atom is 0.229 e. The molecule has 0 spiro atoms. The summed E-state index contributed by atoms with van der Waals surface area (Å²) in [5.41, 5.74) is 0.605. The molecule has 0 saturated heterocycles. The van der Waals surface area contributed by atoms with Crippen molar-refractivity contribution in [3.05, 3.63) is 11.5 Å². The number of fused-ring (bicyclic) bond motifs is 1. The molecule has 0 fully saturated rings. The highest BCUT2D eigenvalue weighted by atomic mass is 35.5. The van der Waals surface area contributed by atoms with Crippen LogP contribution in [0.1, 0.15) is 32.6 Å². The lowest BCUT2D eigenvalue weighted by atomic mass is 10.2. The summed E-state index contributed by atoms with van der Waals surface area (Å²) in [5.74, 6) is 0.505. The number of hydrogen-bond donors (Lipinski definition) is 1. The van der Waals surface area contributed by atoms with Gasteiger partial charge in [-0.05, 0) is 18.0 Å². The van der Waals surface area contributed by atoms with Crippen LogP contribution >= 0.6 is 11.6 Å². The Balaban J connectivity index is 2.00. The molecule has 2 aromatic rings. The number of hydrogen-bond acceptors (Lipinski definition) is 4. The van der Waals surface area contributed by atoms with E-state index in [1.54, 1.807) is 6.20 Å². The van der Waals surface area contributed by atoms with E-state index in [1.165, 1.54) is 19.3 Å². The molecule has 0 radical (unpaired) electrons. The standard InChI is InChI=1S/C11H15ClN4O/c1-2-3-4-5-6-17-10-8-7-13-16-9(8)14-11(12)15-10/h7H,2-6H2,1H3,(H,13,14,15,16). The molecule has 0 aromatic carbocycles. The van der Waals surface area contributed by atoms with Crippen LogP contribution in [0.5, 0.6) is 5.88 Å². The van der Waals surface area contributed by atoms with Crippen LogP contribution in [0, 0.1) is 0 Å². The molecule has 0 aliphatic carbocycles. The first kappa shape index (κ1) is 12.1. The Morgan fingerprint density at radius 1 is 1.29 bits per heavy atom. The number of rotatable bonds is 6. The van der Waals surface area contributed by atoms with Crippen LogP contribution in [0.2, 0.25) is 5.28 Å². The lowest BCUT2D eigenvalue weighted by Gasteiger charge is -2.05. The van der Waals surface area contributed by atoms with Gasteiger partial charge in [-0.3, -0.25) is 5.10 Å². The van der Waals surface area contributed by atoms with Crippen molar-refractivity contribution in [1.82, 2.24) is 20.2 Å². The Kier molecular flexibility index (Phi) is 4.14. The summed E-state index contributed by atoms with van der Waals surface area (Å²) < 4.78 is 5.61. The fourth-order valence-electron chi connectivity index (χ4n) is 1.59. The second-order valence-electron chi connectivity index (χ2n) is 3.84. The van der Waals surface area contributed by atoms with Gasteiger partial charge in [0.1, 0.15) is 5.39 Å². The van der Waals surface area contributed by atoms with E-state index in [0.29, 0.717) is 18.1 Å². The topological polar surface area (TPSA) is 63.7 Å². The van der Waals surface area contributed by atoms with Gasteiger partial charge < -0.3 is 4.74 Å². The fraction of sp³-hybridized carbons (Fsp3) is 0.545. The molecule has 2 aromatic heterocycles. The highest BCUT2D eigenvalue weighted by molar-refractivity contribution is 6.28. The zero-order valence-electron chi connectivity index (χ0n) is 9.74. The van der Waals surface area contributed by atoms with Crippen molar-refractivity contribution in [3.63, 3.8) is 0 Å². The van der Waals surface area contributed by atoms with Crippen molar-refractivity contribution in [3.8, 4) is 5.88 Å². The minimum atomic E-state index is 0.172. The predicted octanol–water partition coefficient (Wildman–Crippen LogP) is 2.97. The van der Waals surface area contributed by atoms with Gasteiger partial charge in [0.05, 0.1) is 12.8 Å². The van der Waals surface area contributed by atoms with Gasteiger partial charge in [-0.2, -0.15) is 15.1 Å². The zero-order valence-corrected chi connectivity index (χ0v) is 10.5. The van der Waals surface area contributed by atoms with Crippen LogP contribution < -0.4 is 4.74 Å². The molecule has 0 amide bonds. The first-order valence-corrected chi connectivity index (χ1v) is 6.18. The van der Waals surface area contributed by atoms with Gasteiger partial charge in [-0.15, -0.1) is 0 Å². The van der Waals surface area contributed by atoms with Crippen LogP contribution in [0.25, 0.3) is 11.0 Å². The van der Waals surface area contributed by atoms with Gasteiger partial charge >= 0.3 is 0 Å². The summed E-state index contributed by atoms with van der Waals surface area (Å²) in [6.07, 6.45) is 6.28. The Morgan fingerprint density at radius 2 is 2.18 bits per heavy atom. The minimum absolute atomic E-state index is 0.172. The van der Waals surface area contributed by atoms with Gasteiger partial charge in [0, 0.05) is 0 Å². The summed E-state index contributed by atoms with van der Waals surface area (Å²) in [4.78, 5) is 8.07. The largest absolute Gasteiger partial charge is 0.477 e. The average Bonchev–Trinajstić information content (AvgIpc) is 2.76. The summed E-state index contributed by atoms with van der Waals surface area (Å²) in [6.45, 7) is 2.83. The fourth-order valence-corrected chi connectivity index (χ4v) is 1.75. The van der Waals surface area contributed by atoms with E-state index >= 15 is 0 Å². The summed E-state index contributed by atoms with van der Waals surface area (Å²) in [7, 11) is 0. The molecule has 92 valence electrons. The van der Waals surface area contributed by atoms with Gasteiger partial charge in [0.15, 0.2) is 5.65 Å². The molecule has 0 aliphatic heterocycles. The van der Waals surface area contributed by atoms with Gasteiger partial charge in [-0.1, -0.05) is 26.2 Å². The monoisotopic (exact) mass is 254 g/mol. The van der Waals surface area contributed by atoms with Crippen LogP contribution in [0.3, 0.4) is 0 Å². The molecule has 17 heavy (non-hydrogen) atoms. The number of ether oxygens (including phenoxy) is 1. The Labute approximate surface area is 105 Å². The third kappa shape index (κ3) is 3.06. The van der Waals surface area contributed by atoms with Crippen molar-refractivity contribution in [2.24, 2.45) is 0 Å². The van der Waals surface area contributed by atoms with E-state index in [9.17, 15) is 0 Å². The van der Waals surface area contributed by atoms with E-state index < -0.39 is 0 Å². The predicted molar refractivity (Wildman–Crippen MR) is 66.3 cm³/mol. The molecule has 2 rings (SSSR count). The molecule has 0 bridgehead atoms. The van der Waals surface area contributed by atoms with Crippen molar-refractivity contribution in [2.75, 3.05) is 6.61 Å². The SMILES string of the molecule is CCCCCCOc1nc(Cl)nc2[nH]ncc12. The number of halogens is 1. The van der Waals surface area contributed by atoms with Gasteiger partial charge in [0.2, 0.25) is 11.2 Å². The normalized spacial score (nSPS) is 10.9. The number of aromatic amines is 1. The molecule has 1 N–H and O–H groups in total. The summed E-state index contributed by atoms with van der Waals surface area (Å²) >= 11 is 5.79. The molecule has 0 saturated carbocycles. The van der Waals surface area contributed by atoms with Gasteiger partial charge in [-0.25, -0.2) is 0 Å². The number of H-pyrrole nitrogens is 1. The molecule has 2 heterocycles. The van der Waals surface area contributed by atoms with E-state index in [1.807, 2.05) is 0 Å². The molecule has 5 nitrogen and oxygen atoms in total. The van der Waals surface area contributed by atoms with Gasteiger partial charge in [0.25, 0.3) is 0 Å². The smallest absolute Gasteiger partial charge is 0.229 e. The minimum Gasteiger partial charge on any atom is -0.477 e. The molecular weight excluding hydrogens is 240 g/mol. The molecule has 6 heteroatoms. The van der Waals surface area contributed by atoms with Crippen LogP contribution in [0.4, 0.5) is 0 Å². The third-order valence-corrected chi connectivity index (χ3v) is 2.65. The number of nitrogens with zero attached hydrogens (tertiary/aromatic N) is 3.